The average molecular weight is 316 g/mol. The lowest BCUT2D eigenvalue weighted by molar-refractivity contribution is 0.627. The molecule has 2 rings (SSSR count). The Morgan fingerprint density at radius 2 is 2.11 bits per heavy atom. The summed E-state index contributed by atoms with van der Waals surface area (Å²) in [4.78, 5) is 0. The molecule has 0 saturated heterocycles. The first-order chi connectivity index (χ1) is 9.28. The first-order valence-corrected chi connectivity index (χ1v) is 7.71. The largest absolute Gasteiger partial charge is 0.356 e. The fourth-order valence-corrected chi connectivity index (χ4v) is 3.05. The van der Waals surface area contributed by atoms with Crippen LogP contribution in [0, 0.1) is 5.82 Å². The second kappa shape index (κ2) is 7.47. The highest BCUT2D eigenvalue weighted by Crippen LogP contribution is 2.25. The van der Waals surface area contributed by atoms with Crippen LogP contribution in [0.4, 0.5) is 9.52 Å². The van der Waals surface area contributed by atoms with Crippen LogP contribution >= 0.6 is 34.7 Å². The van der Waals surface area contributed by atoms with Crippen LogP contribution in [0.3, 0.4) is 0 Å². The molecular formula is C12H11ClFN3S2. The van der Waals surface area contributed by atoms with Crippen LogP contribution in [0.5, 0.6) is 0 Å². The van der Waals surface area contributed by atoms with E-state index in [0.717, 1.165) is 20.8 Å². The van der Waals surface area contributed by atoms with E-state index in [2.05, 4.69) is 15.5 Å². The Labute approximate surface area is 123 Å². The van der Waals surface area contributed by atoms with Gasteiger partial charge in [-0.3, -0.25) is 0 Å². The summed E-state index contributed by atoms with van der Waals surface area (Å²) in [5.41, 5.74) is 2.48. The van der Waals surface area contributed by atoms with Gasteiger partial charge in [-0.15, -0.1) is 10.2 Å². The topological polar surface area (TPSA) is 37.8 Å². The van der Waals surface area contributed by atoms with Crippen molar-refractivity contribution < 1.29 is 4.39 Å². The molecule has 1 aromatic heterocycles. The Hall–Kier alpha value is -1.11. The van der Waals surface area contributed by atoms with Crippen molar-refractivity contribution in [2.45, 2.75) is 10.9 Å². The van der Waals surface area contributed by atoms with E-state index < -0.39 is 0 Å². The highest BCUT2D eigenvalue weighted by atomic mass is 35.5. The van der Waals surface area contributed by atoms with Crippen molar-refractivity contribution >= 4 is 39.8 Å². The zero-order valence-corrected chi connectivity index (χ0v) is 12.2. The lowest BCUT2D eigenvalue weighted by Crippen LogP contribution is -1.98. The van der Waals surface area contributed by atoms with E-state index in [1.54, 1.807) is 23.9 Å². The Bertz CT molecular complexity index is 542. The molecule has 1 aromatic carbocycles. The molecule has 100 valence electrons. The molecule has 0 fully saturated rings. The first-order valence-electron chi connectivity index (χ1n) is 5.48. The predicted molar refractivity (Wildman–Crippen MR) is 79.4 cm³/mol. The number of aromatic nitrogens is 2. The van der Waals surface area contributed by atoms with Crippen molar-refractivity contribution in [3.8, 4) is 0 Å². The minimum absolute atomic E-state index is 0.231. The van der Waals surface area contributed by atoms with Crippen molar-refractivity contribution in [1.82, 2.24) is 10.2 Å². The zero-order valence-electron chi connectivity index (χ0n) is 9.85. The van der Waals surface area contributed by atoms with Gasteiger partial charge in [0.05, 0.1) is 0 Å². The second-order valence-corrected chi connectivity index (χ2v) is 6.02. The molecule has 0 aliphatic heterocycles. The van der Waals surface area contributed by atoms with Gasteiger partial charge < -0.3 is 5.32 Å². The summed E-state index contributed by atoms with van der Waals surface area (Å²) < 4.78 is 13.6. The van der Waals surface area contributed by atoms with Crippen molar-refractivity contribution in [1.29, 1.82) is 0 Å². The van der Waals surface area contributed by atoms with Crippen molar-refractivity contribution in [2.75, 3.05) is 11.1 Å². The lowest BCUT2D eigenvalue weighted by atomic mass is 10.2. The van der Waals surface area contributed by atoms with E-state index in [1.165, 1.54) is 29.0 Å². The standard InChI is InChI=1S/C12H11ClFN3S2/c13-6-1-7-18-12-17-16-11(19-12)15-8-9-2-4-10(14)5-3-9/h1-6H,7-8H2,(H,15,16)/b6-1+. The minimum Gasteiger partial charge on any atom is -0.356 e. The molecule has 0 amide bonds. The summed E-state index contributed by atoms with van der Waals surface area (Å²) in [7, 11) is 0. The number of nitrogens with one attached hydrogen (secondary N) is 1. The monoisotopic (exact) mass is 315 g/mol. The van der Waals surface area contributed by atoms with Crippen LogP contribution in [-0.2, 0) is 6.54 Å². The van der Waals surface area contributed by atoms with Gasteiger partial charge in [-0.05, 0) is 17.7 Å². The van der Waals surface area contributed by atoms with Gasteiger partial charge in [-0.1, -0.05) is 52.9 Å². The third kappa shape index (κ3) is 4.81. The Balaban J connectivity index is 1.84. The summed E-state index contributed by atoms with van der Waals surface area (Å²) in [6, 6.07) is 6.36. The van der Waals surface area contributed by atoms with Crippen LogP contribution < -0.4 is 5.32 Å². The Morgan fingerprint density at radius 3 is 2.84 bits per heavy atom. The van der Waals surface area contributed by atoms with Gasteiger partial charge in [-0.25, -0.2) is 4.39 Å². The van der Waals surface area contributed by atoms with E-state index in [-0.39, 0.29) is 5.82 Å². The van der Waals surface area contributed by atoms with Crippen molar-refractivity contribution in [3.05, 3.63) is 47.3 Å². The molecule has 0 aliphatic rings. The molecule has 0 unspecified atom stereocenters. The minimum atomic E-state index is -0.231. The smallest absolute Gasteiger partial charge is 0.206 e. The maximum atomic E-state index is 12.7. The zero-order chi connectivity index (χ0) is 13.5. The molecular weight excluding hydrogens is 305 g/mol. The van der Waals surface area contributed by atoms with E-state index in [1.807, 2.05) is 6.08 Å². The fraction of sp³-hybridized carbons (Fsp3) is 0.167. The lowest BCUT2D eigenvalue weighted by Gasteiger charge is -2.01. The number of benzene rings is 1. The number of thioether (sulfide) groups is 1. The molecule has 1 N–H and O–H groups in total. The second-order valence-electron chi connectivity index (χ2n) is 3.53. The Morgan fingerprint density at radius 1 is 1.32 bits per heavy atom. The number of nitrogens with zero attached hydrogens (tertiary/aromatic N) is 2. The van der Waals surface area contributed by atoms with Gasteiger partial charge in [0.1, 0.15) is 5.82 Å². The van der Waals surface area contributed by atoms with E-state index in [9.17, 15) is 4.39 Å². The molecule has 3 nitrogen and oxygen atoms in total. The molecule has 19 heavy (non-hydrogen) atoms. The molecule has 2 aromatic rings. The number of hydrogen-bond acceptors (Lipinski definition) is 5. The SMILES string of the molecule is Fc1ccc(CNc2nnc(SC/C=C/Cl)s2)cc1. The summed E-state index contributed by atoms with van der Waals surface area (Å²) >= 11 is 8.49. The van der Waals surface area contributed by atoms with E-state index in [4.69, 9.17) is 11.6 Å². The van der Waals surface area contributed by atoms with Gasteiger partial charge in [-0.2, -0.15) is 0 Å². The molecule has 1 heterocycles. The van der Waals surface area contributed by atoms with Crippen LogP contribution in [0.15, 0.2) is 40.2 Å². The molecule has 0 atom stereocenters. The quantitative estimate of drug-likeness (QED) is 0.813. The molecule has 7 heteroatoms. The first kappa shape index (κ1) is 14.3. The maximum Gasteiger partial charge on any atom is 0.206 e. The maximum absolute atomic E-state index is 12.7. The van der Waals surface area contributed by atoms with Crippen LogP contribution in [-0.4, -0.2) is 16.0 Å². The van der Waals surface area contributed by atoms with E-state index in [0.29, 0.717) is 6.54 Å². The van der Waals surface area contributed by atoms with Crippen LogP contribution in [0.25, 0.3) is 0 Å². The van der Waals surface area contributed by atoms with Gasteiger partial charge in [0.25, 0.3) is 0 Å². The van der Waals surface area contributed by atoms with Crippen LogP contribution in [0.1, 0.15) is 5.56 Å². The fourth-order valence-electron chi connectivity index (χ4n) is 1.28. The molecule has 0 aliphatic carbocycles. The average Bonchev–Trinajstić information content (AvgIpc) is 2.86. The van der Waals surface area contributed by atoms with Crippen LogP contribution in [0.2, 0.25) is 0 Å². The number of halogens is 2. The van der Waals surface area contributed by atoms with Gasteiger partial charge >= 0.3 is 0 Å². The van der Waals surface area contributed by atoms with Gasteiger partial charge in [0.2, 0.25) is 5.13 Å². The normalized spacial score (nSPS) is 11.1. The van der Waals surface area contributed by atoms with Gasteiger partial charge in [0, 0.05) is 17.8 Å². The third-order valence-electron chi connectivity index (χ3n) is 2.16. The van der Waals surface area contributed by atoms with Crippen molar-refractivity contribution in [3.63, 3.8) is 0 Å². The third-order valence-corrected chi connectivity index (χ3v) is 4.30. The summed E-state index contributed by atoms with van der Waals surface area (Å²) in [5, 5.41) is 12.0. The molecule has 0 bridgehead atoms. The molecule has 0 radical (unpaired) electrons. The molecule has 0 saturated carbocycles. The number of hydrogen-bond donors (Lipinski definition) is 1. The van der Waals surface area contributed by atoms with Crippen molar-refractivity contribution in [2.24, 2.45) is 0 Å². The highest BCUT2D eigenvalue weighted by molar-refractivity contribution is 8.01. The highest BCUT2D eigenvalue weighted by Gasteiger charge is 2.03. The van der Waals surface area contributed by atoms with Gasteiger partial charge in [0.15, 0.2) is 4.34 Å². The summed E-state index contributed by atoms with van der Waals surface area (Å²) in [5.74, 6) is 0.543. The molecule has 0 spiro atoms. The summed E-state index contributed by atoms with van der Waals surface area (Å²) in [6.07, 6.45) is 1.85. The van der Waals surface area contributed by atoms with E-state index >= 15 is 0 Å². The number of rotatable bonds is 6. The summed E-state index contributed by atoms with van der Waals surface area (Å²) in [6.45, 7) is 0.598. The Kier molecular flexibility index (Phi) is 5.62. The number of anilines is 1. The predicted octanol–water partition coefficient (Wildman–Crippen LogP) is 4.13.